The van der Waals surface area contributed by atoms with Crippen molar-refractivity contribution < 1.29 is 4.79 Å². The predicted octanol–water partition coefficient (Wildman–Crippen LogP) is 3.78. The third-order valence-electron chi connectivity index (χ3n) is 3.58. The van der Waals surface area contributed by atoms with Crippen LogP contribution < -0.4 is 4.90 Å². The molecule has 2 atom stereocenters. The van der Waals surface area contributed by atoms with Gasteiger partial charge in [-0.3, -0.25) is 4.79 Å². The molecule has 0 N–H and O–H groups in total. The molecular weight excluding hydrogens is 234 g/mol. The maximum Gasteiger partial charge on any atom is 0.151 e. The number of piperidine rings is 1. The van der Waals surface area contributed by atoms with E-state index in [2.05, 4.69) is 18.7 Å². The van der Waals surface area contributed by atoms with Gasteiger partial charge in [0, 0.05) is 23.8 Å². The van der Waals surface area contributed by atoms with E-state index in [-0.39, 0.29) is 0 Å². The second-order valence-corrected chi connectivity index (χ2v) is 5.40. The molecule has 1 aliphatic rings. The van der Waals surface area contributed by atoms with E-state index in [1.807, 2.05) is 12.1 Å². The quantitative estimate of drug-likeness (QED) is 0.746. The van der Waals surface area contributed by atoms with Gasteiger partial charge in [-0.05, 0) is 43.9 Å². The largest absolute Gasteiger partial charge is 0.369 e. The first-order chi connectivity index (χ1) is 8.11. The van der Waals surface area contributed by atoms with Gasteiger partial charge in [-0.25, -0.2) is 0 Å². The number of benzene rings is 1. The summed E-state index contributed by atoms with van der Waals surface area (Å²) in [5.41, 5.74) is 1.69. The molecule has 92 valence electrons. The van der Waals surface area contributed by atoms with Crippen LogP contribution in [0, 0.1) is 5.92 Å². The first-order valence-electron chi connectivity index (χ1n) is 6.13. The van der Waals surface area contributed by atoms with Crippen LogP contribution in [0.3, 0.4) is 0 Å². The second kappa shape index (κ2) is 5.09. The highest BCUT2D eigenvalue weighted by molar-refractivity contribution is 6.33. The molecule has 1 saturated heterocycles. The fraction of sp³-hybridized carbons (Fsp3) is 0.500. The van der Waals surface area contributed by atoms with E-state index >= 15 is 0 Å². The van der Waals surface area contributed by atoms with Crippen LogP contribution in [0.25, 0.3) is 0 Å². The lowest BCUT2D eigenvalue weighted by atomic mass is 9.93. The Kier molecular flexibility index (Phi) is 3.72. The number of aldehydes is 1. The fourth-order valence-electron chi connectivity index (χ4n) is 2.58. The van der Waals surface area contributed by atoms with E-state index in [1.54, 1.807) is 6.07 Å². The summed E-state index contributed by atoms with van der Waals surface area (Å²) in [6.45, 7) is 5.62. The Labute approximate surface area is 108 Å². The van der Waals surface area contributed by atoms with Crippen LogP contribution in [-0.2, 0) is 0 Å². The molecule has 0 saturated carbocycles. The standard InChI is InChI=1S/C14H18ClNO/c1-10-5-6-16(11(2)7-10)13-4-3-12(9-17)14(15)8-13/h3-4,8-11H,5-7H2,1-2H3. The molecule has 1 aromatic rings. The van der Waals surface area contributed by atoms with Crippen molar-refractivity contribution in [2.24, 2.45) is 5.92 Å². The summed E-state index contributed by atoms with van der Waals surface area (Å²) < 4.78 is 0. The summed E-state index contributed by atoms with van der Waals surface area (Å²) in [4.78, 5) is 13.1. The van der Waals surface area contributed by atoms with E-state index in [1.165, 1.54) is 12.8 Å². The highest BCUT2D eigenvalue weighted by Gasteiger charge is 2.23. The van der Waals surface area contributed by atoms with Gasteiger partial charge in [-0.15, -0.1) is 0 Å². The lowest BCUT2D eigenvalue weighted by Gasteiger charge is -2.38. The molecule has 0 radical (unpaired) electrons. The summed E-state index contributed by atoms with van der Waals surface area (Å²) in [7, 11) is 0. The van der Waals surface area contributed by atoms with E-state index in [0.717, 1.165) is 24.4 Å². The summed E-state index contributed by atoms with van der Waals surface area (Å²) in [5.74, 6) is 0.797. The van der Waals surface area contributed by atoms with Crippen LogP contribution >= 0.6 is 11.6 Å². The topological polar surface area (TPSA) is 20.3 Å². The minimum absolute atomic E-state index is 0.539. The van der Waals surface area contributed by atoms with Gasteiger partial charge in [0.05, 0.1) is 5.02 Å². The molecule has 1 aromatic carbocycles. The summed E-state index contributed by atoms with van der Waals surface area (Å²) in [5, 5.41) is 0.545. The lowest BCUT2D eigenvalue weighted by Crippen LogP contribution is -2.40. The van der Waals surface area contributed by atoms with Crippen molar-refractivity contribution in [2.75, 3.05) is 11.4 Å². The smallest absolute Gasteiger partial charge is 0.151 e. The molecule has 2 unspecified atom stereocenters. The number of carbonyl (C=O) groups excluding carboxylic acids is 1. The average molecular weight is 252 g/mol. The van der Waals surface area contributed by atoms with E-state index in [0.29, 0.717) is 16.6 Å². The first kappa shape index (κ1) is 12.4. The molecule has 0 bridgehead atoms. The predicted molar refractivity (Wildman–Crippen MR) is 72.0 cm³/mol. The molecule has 0 spiro atoms. The Hall–Kier alpha value is -1.02. The number of carbonyl (C=O) groups is 1. The Morgan fingerprint density at radius 2 is 2.18 bits per heavy atom. The maximum absolute atomic E-state index is 10.7. The zero-order chi connectivity index (χ0) is 12.4. The minimum atomic E-state index is 0.539. The monoisotopic (exact) mass is 251 g/mol. The summed E-state index contributed by atoms with van der Waals surface area (Å²) in [6.07, 6.45) is 3.23. The SMILES string of the molecule is CC1CCN(c2ccc(C=O)c(Cl)c2)C(C)C1. The van der Waals surface area contributed by atoms with Crippen molar-refractivity contribution in [1.29, 1.82) is 0 Å². The van der Waals surface area contributed by atoms with Crippen LogP contribution in [0.2, 0.25) is 5.02 Å². The third kappa shape index (κ3) is 2.63. The Morgan fingerprint density at radius 3 is 2.76 bits per heavy atom. The molecule has 2 nitrogen and oxygen atoms in total. The Bertz CT molecular complexity index is 419. The van der Waals surface area contributed by atoms with Crippen LogP contribution in [0.1, 0.15) is 37.0 Å². The highest BCUT2D eigenvalue weighted by Crippen LogP contribution is 2.30. The van der Waals surface area contributed by atoms with Crippen molar-refractivity contribution >= 4 is 23.6 Å². The van der Waals surface area contributed by atoms with Gasteiger partial charge in [0.1, 0.15) is 0 Å². The number of hydrogen-bond donors (Lipinski definition) is 0. The van der Waals surface area contributed by atoms with E-state index in [4.69, 9.17) is 11.6 Å². The van der Waals surface area contributed by atoms with Crippen molar-refractivity contribution in [2.45, 2.75) is 32.7 Å². The van der Waals surface area contributed by atoms with Gasteiger partial charge in [0.2, 0.25) is 0 Å². The lowest BCUT2D eigenvalue weighted by molar-refractivity contribution is 0.112. The molecule has 17 heavy (non-hydrogen) atoms. The van der Waals surface area contributed by atoms with Gasteiger partial charge in [0.15, 0.2) is 6.29 Å². The second-order valence-electron chi connectivity index (χ2n) is 5.00. The molecule has 2 rings (SSSR count). The van der Waals surface area contributed by atoms with Crippen molar-refractivity contribution in [3.63, 3.8) is 0 Å². The zero-order valence-electron chi connectivity index (χ0n) is 10.3. The van der Waals surface area contributed by atoms with Gasteiger partial charge < -0.3 is 4.90 Å². The van der Waals surface area contributed by atoms with Gasteiger partial charge in [-0.1, -0.05) is 18.5 Å². The Morgan fingerprint density at radius 1 is 1.41 bits per heavy atom. The molecule has 3 heteroatoms. The maximum atomic E-state index is 10.7. The van der Waals surface area contributed by atoms with Crippen LogP contribution in [0.5, 0.6) is 0 Å². The van der Waals surface area contributed by atoms with Crippen LogP contribution in [0.4, 0.5) is 5.69 Å². The Balaban J connectivity index is 2.22. The minimum Gasteiger partial charge on any atom is -0.369 e. The third-order valence-corrected chi connectivity index (χ3v) is 3.91. The zero-order valence-corrected chi connectivity index (χ0v) is 11.1. The number of hydrogen-bond acceptors (Lipinski definition) is 2. The normalized spacial score (nSPS) is 24.8. The van der Waals surface area contributed by atoms with E-state index in [9.17, 15) is 4.79 Å². The van der Waals surface area contributed by atoms with Crippen LogP contribution in [-0.4, -0.2) is 18.9 Å². The molecule has 0 amide bonds. The van der Waals surface area contributed by atoms with Crippen LogP contribution in [0.15, 0.2) is 18.2 Å². The first-order valence-corrected chi connectivity index (χ1v) is 6.51. The highest BCUT2D eigenvalue weighted by atomic mass is 35.5. The van der Waals surface area contributed by atoms with Gasteiger partial charge in [0.25, 0.3) is 0 Å². The van der Waals surface area contributed by atoms with E-state index < -0.39 is 0 Å². The molecular formula is C14H18ClNO. The molecule has 1 heterocycles. The summed E-state index contributed by atoms with van der Waals surface area (Å²) in [6, 6.07) is 6.23. The number of nitrogens with zero attached hydrogens (tertiary/aromatic N) is 1. The number of halogens is 1. The molecule has 1 aliphatic heterocycles. The van der Waals surface area contributed by atoms with Crippen molar-refractivity contribution in [1.82, 2.24) is 0 Å². The van der Waals surface area contributed by atoms with Crippen molar-refractivity contribution in [3.05, 3.63) is 28.8 Å². The fourth-order valence-corrected chi connectivity index (χ4v) is 2.80. The van der Waals surface area contributed by atoms with Gasteiger partial charge >= 0.3 is 0 Å². The number of anilines is 1. The molecule has 0 aliphatic carbocycles. The summed E-state index contributed by atoms with van der Waals surface area (Å²) >= 11 is 6.07. The average Bonchev–Trinajstić information content (AvgIpc) is 2.29. The molecule has 0 aromatic heterocycles. The number of rotatable bonds is 2. The van der Waals surface area contributed by atoms with Crippen molar-refractivity contribution in [3.8, 4) is 0 Å². The van der Waals surface area contributed by atoms with Gasteiger partial charge in [-0.2, -0.15) is 0 Å². The molecule has 1 fully saturated rings.